The fourth-order valence-corrected chi connectivity index (χ4v) is 1.64. The molecule has 0 aliphatic rings. The number of anilines is 1. The lowest BCUT2D eigenvalue weighted by atomic mass is 10.2. The third kappa shape index (κ3) is 2.15. The Morgan fingerprint density at radius 1 is 1.11 bits per heavy atom. The number of aromatic nitrogens is 3. The molecule has 3 rings (SSSR count). The maximum atomic E-state index is 12.8. The number of rotatable bonds is 2. The number of pyridine rings is 1. The molecular formula is C13H9FN4O. The summed E-state index contributed by atoms with van der Waals surface area (Å²) in [7, 11) is 0. The van der Waals surface area contributed by atoms with Crippen LogP contribution in [0.25, 0.3) is 23.0 Å². The maximum absolute atomic E-state index is 12.8. The zero-order valence-corrected chi connectivity index (χ0v) is 9.75. The van der Waals surface area contributed by atoms with Gasteiger partial charge < -0.3 is 10.3 Å². The summed E-state index contributed by atoms with van der Waals surface area (Å²) in [6, 6.07) is 9.94. The van der Waals surface area contributed by atoms with Gasteiger partial charge in [-0.3, -0.25) is 0 Å². The van der Waals surface area contributed by atoms with Crippen molar-refractivity contribution in [2.75, 3.05) is 5.73 Å². The minimum absolute atomic E-state index is 0.290. The van der Waals surface area contributed by atoms with Crippen LogP contribution in [0.1, 0.15) is 0 Å². The molecule has 0 saturated heterocycles. The van der Waals surface area contributed by atoms with Crippen LogP contribution in [0.15, 0.2) is 47.1 Å². The van der Waals surface area contributed by atoms with Crippen LogP contribution < -0.4 is 5.73 Å². The Bertz CT molecular complexity index is 709. The highest BCUT2D eigenvalue weighted by Gasteiger charge is 2.13. The molecule has 1 aromatic carbocycles. The van der Waals surface area contributed by atoms with Gasteiger partial charge in [-0.2, -0.15) is 4.98 Å². The number of para-hydroxylation sites is 1. The number of benzene rings is 1. The Morgan fingerprint density at radius 2 is 1.95 bits per heavy atom. The smallest absolute Gasteiger partial charge is 0.260 e. The zero-order chi connectivity index (χ0) is 13.2. The van der Waals surface area contributed by atoms with Gasteiger partial charge in [-0.1, -0.05) is 17.3 Å². The second-order valence-corrected chi connectivity index (χ2v) is 3.87. The van der Waals surface area contributed by atoms with Gasteiger partial charge in [0.1, 0.15) is 11.5 Å². The summed E-state index contributed by atoms with van der Waals surface area (Å²) in [4.78, 5) is 8.09. The average molecular weight is 256 g/mol. The summed E-state index contributed by atoms with van der Waals surface area (Å²) in [6.45, 7) is 0. The van der Waals surface area contributed by atoms with E-state index in [4.69, 9.17) is 10.3 Å². The van der Waals surface area contributed by atoms with E-state index in [-0.39, 0.29) is 0 Å². The van der Waals surface area contributed by atoms with Crippen LogP contribution in [0.4, 0.5) is 10.1 Å². The number of nitrogens with zero attached hydrogens (tertiary/aromatic N) is 3. The SMILES string of the molecule is Nc1ccccc1-c1nc(-c2ccc(F)cn2)no1. The monoisotopic (exact) mass is 256 g/mol. The van der Waals surface area contributed by atoms with Gasteiger partial charge in [-0.25, -0.2) is 9.37 Å². The standard InChI is InChI=1S/C13H9FN4O/c14-8-5-6-11(16-7-8)12-17-13(19-18-12)9-3-1-2-4-10(9)15/h1-7H,15H2. The van der Waals surface area contributed by atoms with Crippen molar-refractivity contribution in [1.29, 1.82) is 0 Å². The first-order valence-electron chi connectivity index (χ1n) is 5.54. The van der Waals surface area contributed by atoms with Crippen molar-refractivity contribution in [3.63, 3.8) is 0 Å². The highest BCUT2D eigenvalue weighted by Crippen LogP contribution is 2.25. The van der Waals surface area contributed by atoms with Gasteiger partial charge in [0.05, 0.1) is 11.8 Å². The topological polar surface area (TPSA) is 77.8 Å². The number of nitrogens with two attached hydrogens (primary N) is 1. The van der Waals surface area contributed by atoms with Crippen molar-refractivity contribution in [3.05, 3.63) is 48.4 Å². The molecule has 0 unspecified atom stereocenters. The molecule has 0 bridgehead atoms. The van der Waals surface area contributed by atoms with Crippen molar-refractivity contribution in [2.45, 2.75) is 0 Å². The van der Waals surface area contributed by atoms with Gasteiger partial charge in [-0.15, -0.1) is 0 Å². The molecule has 6 heteroatoms. The largest absolute Gasteiger partial charge is 0.398 e. The molecule has 0 amide bonds. The van der Waals surface area contributed by atoms with Gasteiger partial charge in [0.15, 0.2) is 0 Å². The fraction of sp³-hybridized carbons (Fsp3) is 0. The molecule has 0 spiro atoms. The van der Waals surface area contributed by atoms with Gasteiger partial charge in [-0.05, 0) is 24.3 Å². The molecule has 0 aliphatic heterocycles. The lowest BCUT2D eigenvalue weighted by Crippen LogP contribution is -1.90. The van der Waals surface area contributed by atoms with Crippen molar-refractivity contribution in [2.24, 2.45) is 0 Å². The zero-order valence-electron chi connectivity index (χ0n) is 9.75. The predicted molar refractivity (Wildman–Crippen MR) is 67.3 cm³/mol. The number of hydrogen-bond acceptors (Lipinski definition) is 5. The van der Waals surface area contributed by atoms with Crippen LogP contribution >= 0.6 is 0 Å². The Hall–Kier alpha value is -2.76. The van der Waals surface area contributed by atoms with E-state index in [2.05, 4.69) is 15.1 Å². The van der Waals surface area contributed by atoms with Crippen molar-refractivity contribution in [3.8, 4) is 23.0 Å². The lowest BCUT2D eigenvalue weighted by molar-refractivity contribution is 0.432. The number of hydrogen-bond donors (Lipinski definition) is 1. The Kier molecular flexibility index (Phi) is 2.68. The normalized spacial score (nSPS) is 10.6. The van der Waals surface area contributed by atoms with Crippen LogP contribution in [0.3, 0.4) is 0 Å². The van der Waals surface area contributed by atoms with E-state index in [1.54, 1.807) is 12.1 Å². The van der Waals surface area contributed by atoms with E-state index in [1.165, 1.54) is 12.1 Å². The third-order valence-electron chi connectivity index (χ3n) is 2.57. The van der Waals surface area contributed by atoms with E-state index < -0.39 is 5.82 Å². The van der Waals surface area contributed by atoms with E-state index in [1.807, 2.05) is 12.1 Å². The highest BCUT2D eigenvalue weighted by atomic mass is 19.1. The number of halogens is 1. The predicted octanol–water partition coefficient (Wildman–Crippen LogP) is 2.52. The molecule has 19 heavy (non-hydrogen) atoms. The molecular weight excluding hydrogens is 247 g/mol. The van der Waals surface area contributed by atoms with E-state index >= 15 is 0 Å². The molecule has 0 radical (unpaired) electrons. The van der Waals surface area contributed by atoms with Gasteiger partial charge in [0, 0.05) is 5.69 Å². The van der Waals surface area contributed by atoms with E-state index in [0.29, 0.717) is 28.7 Å². The average Bonchev–Trinajstić information content (AvgIpc) is 2.89. The minimum atomic E-state index is -0.417. The molecule has 0 fully saturated rings. The molecule has 0 atom stereocenters. The summed E-state index contributed by atoms with van der Waals surface area (Å²) in [5.74, 6) is 0.178. The molecule has 0 aliphatic carbocycles. The quantitative estimate of drug-likeness (QED) is 0.713. The molecule has 2 aromatic heterocycles. The maximum Gasteiger partial charge on any atom is 0.260 e. The third-order valence-corrected chi connectivity index (χ3v) is 2.57. The second-order valence-electron chi connectivity index (χ2n) is 3.87. The number of nitrogen functional groups attached to an aromatic ring is 1. The molecule has 2 heterocycles. The van der Waals surface area contributed by atoms with Gasteiger partial charge in [0.25, 0.3) is 5.89 Å². The summed E-state index contributed by atoms with van der Waals surface area (Å²) in [6.07, 6.45) is 1.10. The molecule has 5 nitrogen and oxygen atoms in total. The van der Waals surface area contributed by atoms with Crippen molar-refractivity contribution < 1.29 is 8.91 Å². The molecule has 94 valence electrons. The second kappa shape index (κ2) is 4.49. The lowest BCUT2D eigenvalue weighted by Gasteiger charge is -1.97. The van der Waals surface area contributed by atoms with E-state index in [9.17, 15) is 4.39 Å². The van der Waals surface area contributed by atoms with Crippen LogP contribution in [-0.2, 0) is 0 Å². The molecule has 0 saturated carbocycles. The molecule has 3 aromatic rings. The molecule has 2 N–H and O–H groups in total. The van der Waals surface area contributed by atoms with Crippen LogP contribution in [-0.4, -0.2) is 15.1 Å². The summed E-state index contributed by atoms with van der Waals surface area (Å²) in [5, 5.41) is 3.81. The summed E-state index contributed by atoms with van der Waals surface area (Å²) >= 11 is 0. The summed E-state index contributed by atoms with van der Waals surface area (Å²) in [5.41, 5.74) is 7.47. The fourth-order valence-electron chi connectivity index (χ4n) is 1.64. The van der Waals surface area contributed by atoms with Crippen molar-refractivity contribution in [1.82, 2.24) is 15.1 Å². The van der Waals surface area contributed by atoms with Crippen LogP contribution in [0.5, 0.6) is 0 Å². The van der Waals surface area contributed by atoms with Crippen LogP contribution in [0.2, 0.25) is 0 Å². The van der Waals surface area contributed by atoms with Crippen molar-refractivity contribution >= 4 is 5.69 Å². The first-order valence-corrected chi connectivity index (χ1v) is 5.54. The summed E-state index contributed by atoms with van der Waals surface area (Å²) < 4.78 is 17.9. The van der Waals surface area contributed by atoms with Crippen LogP contribution in [0, 0.1) is 5.82 Å². The first kappa shape index (κ1) is 11.3. The van der Waals surface area contributed by atoms with Gasteiger partial charge >= 0.3 is 0 Å². The van der Waals surface area contributed by atoms with Gasteiger partial charge in [0.2, 0.25) is 5.82 Å². The minimum Gasteiger partial charge on any atom is -0.398 e. The Labute approximate surface area is 107 Å². The Balaban J connectivity index is 2.00. The highest BCUT2D eigenvalue weighted by molar-refractivity contribution is 5.70. The Morgan fingerprint density at radius 3 is 2.68 bits per heavy atom. The first-order chi connectivity index (χ1) is 9.24. The van der Waals surface area contributed by atoms with E-state index in [0.717, 1.165) is 6.20 Å².